The van der Waals surface area contributed by atoms with Crippen molar-refractivity contribution in [3.05, 3.63) is 35.7 Å². The largest absolute Gasteiger partial charge is 0.495 e. The highest BCUT2D eigenvalue weighted by molar-refractivity contribution is 5.66. The van der Waals surface area contributed by atoms with E-state index in [4.69, 9.17) is 9.47 Å². The fourth-order valence-corrected chi connectivity index (χ4v) is 2.21. The highest BCUT2D eigenvalue weighted by atomic mass is 16.5. The predicted molar refractivity (Wildman–Crippen MR) is 92.8 cm³/mol. The summed E-state index contributed by atoms with van der Waals surface area (Å²) in [6, 6.07) is 7.87. The molecule has 2 aromatic rings. The second kappa shape index (κ2) is 8.33. The number of hydrogen-bond acceptors (Lipinski definition) is 6. The summed E-state index contributed by atoms with van der Waals surface area (Å²) in [6.07, 6.45) is 0.925. The van der Waals surface area contributed by atoms with Crippen molar-refractivity contribution in [1.29, 1.82) is 0 Å². The molecular formula is C17H24N4O2. The predicted octanol–water partition coefficient (Wildman–Crippen LogP) is 3.29. The van der Waals surface area contributed by atoms with Crippen LogP contribution in [0, 0.1) is 13.8 Å². The van der Waals surface area contributed by atoms with Gasteiger partial charge >= 0.3 is 0 Å². The van der Waals surface area contributed by atoms with Crippen molar-refractivity contribution < 1.29 is 9.47 Å². The average molecular weight is 316 g/mol. The topological polar surface area (TPSA) is 68.3 Å². The van der Waals surface area contributed by atoms with Crippen LogP contribution >= 0.6 is 0 Å². The summed E-state index contributed by atoms with van der Waals surface area (Å²) in [7, 11) is 3.36. The van der Waals surface area contributed by atoms with Crippen molar-refractivity contribution in [1.82, 2.24) is 9.97 Å². The summed E-state index contributed by atoms with van der Waals surface area (Å²) in [5.41, 5.74) is 2.04. The van der Waals surface area contributed by atoms with E-state index in [9.17, 15) is 0 Å². The molecule has 0 spiro atoms. The van der Waals surface area contributed by atoms with Crippen LogP contribution in [0.15, 0.2) is 24.3 Å². The summed E-state index contributed by atoms with van der Waals surface area (Å²) < 4.78 is 10.4. The zero-order valence-corrected chi connectivity index (χ0v) is 14.1. The molecule has 2 N–H and O–H groups in total. The normalized spacial score (nSPS) is 10.4. The molecule has 1 aromatic heterocycles. The lowest BCUT2D eigenvalue weighted by Crippen LogP contribution is -2.08. The second-order valence-corrected chi connectivity index (χ2v) is 5.29. The molecule has 0 unspecified atom stereocenters. The van der Waals surface area contributed by atoms with Crippen LogP contribution < -0.4 is 15.4 Å². The summed E-state index contributed by atoms with van der Waals surface area (Å²) in [5.74, 6) is 3.01. The van der Waals surface area contributed by atoms with Gasteiger partial charge < -0.3 is 20.1 Å². The van der Waals surface area contributed by atoms with Gasteiger partial charge in [0, 0.05) is 26.3 Å². The minimum atomic E-state index is 0.705. The molecule has 6 nitrogen and oxygen atoms in total. The van der Waals surface area contributed by atoms with E-state index in [1.54, 1.807) is 14.2 Å². The number of benzene rings is 1. The Morgan fingerprint density at radius 2 is 1.83 bits per heavy atom. The maximum Gasteiger partial charge on any atom is 0.142 e. The number of anilines is 3. The monoisotopic (exact) mass is 316 g/mol. The van der Waals surface area contributed by atoms with E-state index in [1.807, 2.05) is 38.1 Å². The summed E-state index contributed by atoms with van der Waals surface area (Å²) in [5, 5.41) is 6.59. The van der Waals surface area contributed by atoms with Gasteiger partial charge in [-0.3, -0.25) is 0 Å². The molecule has 0 aliphatic heterocycles. The number of hydrogen-bond donors (Lipinski definition) is 2. The Morgan fingerprint density at radius 3 is 2.57 bits per heavy atom. The molecule has 2 rings (SSSR count). The SMILES string of the molecule is COCCCNc1cc(Nc2cc(C)ccc2OC)nc(C)n1. The standard InChI is InChI=1S/C17H24N4O2/c1-12-6-7-15(23-4)14(10-12)21-17-11-16(19-13(2)20-17)18-8-5-9-22-3/h6-7,10-11H,5,8-9H2,1-4H3,(H2,18,19,20,21). The van der Waals surface area contributed by atoms with E-state index in [2.05, 4.69) is 20.6 Å². The lowest BCUT2D eigenvalue weighted by molar-refractivity contribution is 0.198. The molecule has 0 radical (unpaired) electrons. The molecule has 0 aliphatic rings. The first-order chi connectivity index (χ1) is 11.1. The highest BCUT2D eigenvalue weighted by Gasteiger charge is 2.07. The van der Waals surface area contributed by atoms with Crippen LogP contribution in [0.1, 0.15) is 17.8 Å². The van der Waals surface area contributed by atoms with Crippen LogP contribution in [-0.2, 0) is 4.74 Å². The second-order valence-electron chi connectivity index (χ2n) is 5.29. The van der Waals surface area contributed by atoms with Gasteiger partial charge in [0.05, 0.1) is 12.8 Å². The van der Waals surface area contributed by atoms with Gasteiger partial charge in [-0.2, -0.15) is 0 Å². The van der Waals surface area contributed by atoms with E-state index in [1.165, 1.54) is 0 Å². The Hall–Kier alpha value is -2.34. The third kappa shape index (κ3) is 5.10. The van der Waals surface area contributed by atoms with Crippen molar-refractivity contribution >= 4 is 17.3 Å². The van der Waals surface area contributed by atoms with Crippen molar-refractivity contribution in [2.75, 3.05) is 38.0 Å². The first-order valence-electron chi connectivity index (χ1n) is 7.62. The molecule has 6 heteroatoms. The lowest BCUT2D eigenvalue weighted by Gasteiger charge is -2.13. The first-order valence-corrected chi connectivity index (χ1v) is 7.62. The number of ether oxygens (including phenoxy) is 2. The molecule has 23 heavy (non-hydrogen) atoms. The minimum Gasteiger partial charge on any atom is -0.495 e. The summed E-state index contributed by atoms with van der Waals surface area (Å²) in [4.78, 5) is 8.84. The van der Waals surface area contributed by atoms with Gasteiger partial charge in [0.15, 0.2) is 0 Å². The van der Waals surface area contributed by atoms with Crippen LogP contribution in [0.25, 0.3) is 0 Å². The van der Waals surface area contributed by atoms with Crippen molar-refractivity contribution in [2.24, 2.45) is 0 Å². The molecule has 0 aliphatic carbocycles. The molecule has 0 bridgehead atoms. The van der Waals surface area contributed by atoms with Crippen LogP contribution in [-0.4, -0.2) is 37.3 Å². The van der Waals surface area contributed by atoms with E-state index in [0.717, 1.165) is 48.2 Å². The van der Waals surface area contributed by atoms with Gasteiger partial charge in [0.1, 0.15) is 23.2 Å². The average Bonchev–Trinajstić information content (AvgIpc) is 2.51. The third-order valence-electron chi connectivity index (χ3n) is 3.29. The van der Waals surface area contributed by atoms with E-state index in [0.29, 0.717) is 5.82 Å². The smallest absolute Gasteiger partial charge is 0.142 e. The van der Waals surface area contributed by atoms with E-state index >= 15 is 0 Å². The Bertz CT molecular complexity index is 646. The first kappa shape index (κ1) is 17.0. The van der Waals surface area contributed by atoms with Gasteiger partial charge in [-0.1, -0.05) is 6.07 Å². The number of methoxy groups -OCH3 is 2. The Balaban J connectivity index is 2.13. The third-order valence-corrected chi connectivity index (χ3v) is 3.29. The lowest BCUT2D eigenvalue weighted by atomic mass is 10.2. The van der Waals surface area contributed by atoms with E-state index in [-0.39, 0.29) is 0 Å². The van der Waals surface area contributed by atoms with Crippen molar-refractivity contribution in [3.63, 3.8) is 0 Å². The molecular weight excluding hydrogens is 292 g/mol. The number of rotatable bonds is 8. The molecule has 0 amide bonds. The van der Waals surface area contributed by atoms with Gasteiger partial charge in [-0.15, -0.1) is 0 Å². The summed E-state index contributed by atoms with van der Waals surface area (Å²) >= 11 is 0. The van der Waals surface area contributed by atoms with Crippen LogP contribution in [0.4, 0.5) is 17.3 Å². The van der Waals surface area contributed by atoms with Gasteiger partial charge in [0.25, 0.3) is 0 Å². The maximum absolute atomic E-state index is 5.39. The van der Waals surface area contributed by atoms with E-state index < -0.39 is 0 Å². The molecule has 0 saturated heterocycles. The van der Waals surface area contributed by atoms with Crippen LogP contribution in [0.2, 0.25) is 0 Å². The Morgan fingerprint density at radius 1 is 1.04 bits per heavy atom. The molecule has 0 atom stereocenters. The molecule has 0 fully saturated rings. The fourth-order valence-electron chi connectivity index (χ4n) is 2.21. The van der Waals surface area contributed by atoms with Crippen LogP contribution in [0.3, 0.4) is 0 Å². The van der Waals surface area contributed by atoms with Gasteiger partial charge in [-0.05, 0) is 38.0 Å². The quantitative estimate of drug-likeness (QED) is 0.728. The molecule has 0 saturated carbocycles. The maximum atomic E-state index is 5.39. The molecule has 124 valence electrons. The number of nitrogens with one attached hydrogen (secondary N) is 2. The zero-order valence-electron chi connectivity index (χ0n) is 14.1. The summed E-state index contributed by atoms with van der Waals surface area (Å²) in [6.45, 7) is 5.44. The number of nitrogens with zero attached hydrogens (tertiary/aromatic N) is 2. The minimum absolute atomic E-state index is 0.705. The Labute approximate surface area is 137 Å². The zero-order chi connectivity index (χ0) is 16.7. The van der Waals surface area contributed by atoms with Crippen molar-refractivity contribution in [3.8, 4) is 5.75 Å². The van der Waals surface area contributed by atoms with Crippen molar-refractivity contribution in [2.45, 2.75) is 20.3 Å². The van der Waals surface area contributed by atoms with Gasteiger partial charge in [0.2, 0.25) is 0 Å². The van der Waals surface area contributed by atoms with Crippen LogP contribution in [0.5, 0.6) is 5.75 Å². The molecule has 1 aromatic carbocycles. The molecule has 1 heterocycles. The Kier molecular flexibility index (Phi) is 6.17. The number of aryl methyl sites for hydroxylation is 2. The number of aromatic nitrogens is 2. The fraction of sp³-hybridized carbons (Fsp3) is 0.412. The van der Waals surface area contributed by atoms with Gasteiger partial charge in [-0.25, -0.2) is 9.97 Å². The highest BCUT2D eigenvalue weighted by Crippen LogP contribution is 2.28.